The van der Waals surface area contributed by atoms with Crippen LogP contribution in [0.5, 0.6) is 5.75 Å². The lowest BCUT2D eigenvalue weighted by Crippen LogP contribution is -2.17. The molecule has 0 aliphatic carbocycles. The molecule has 5 nitrogen and oxygen atoms in total. The number of carbonyl (C=O) groups excluding carboxylic acids is 1. The van der Waals surface area contributed by atoms with Gasteiger partial charge in [-0.25, -0.2) is 0 Å². The largest absolute Gasteiger partial charge is 0.491 e. The second kappa shape index (κ2) is 9.85. The number of fused-ring (bicyclic) bond motifs is 1. The molecule has 0 saturated carbocycles. The number of ether oxygens (including phenoxy) is 1. The second-order valence-corrected chi connectivity index (χ2v) is 7.06. The number of ketones is 1. The molecule has 150 valence electrons. The van der Waals surface area contributed by atoms with Crippen molar-refractivity contribution in [2.45, 2.75) is 31.8 Å². The van der Waals surface area contributed by atoms with Gasteiger partial charge in [0.2, 0.25) is 0 Å². The van der Waals surface area contributed by atoms with Crippen LogP contribution in [0.3, 0.4) is 0 Å². The molecule has 29 heavy (non-hydrogen) atoms. The molecular weight excluding hydrogens is 368 g/mol. The number of carboxylic acid groups (broad SMARTS) is 1. The van der Waals surface area contributed by atoms with Gasteiger partial charge in [-0.05, 0) is 47.4 Å². The zero-order valence-electron chi connectivity index (χ0n) is 16.1. The Morgan fingerprint density at radius 1 is 0.931 bits per heavy atom. The minimum Gasteiger partial charge on any atom is -0.491 e. The highest BCUT2D eigenvalue weighted by Gasteiger charge is 2.10. The molecule has 0 saturated heterocycles. The zero-order valence-corrected chi connectivity index (χ0v) is 16.1. The molecule has 0 heterocycles. The van der Waals surface area contributed by atoms with Crippen molar-refractivity contribution in [2.24, 2.45) is 0 Å². The number of carboxylic acids is 1. The van der Waals surface area contributed by atoms with Crippen LogP contribution in [-0.4, -0.2) is 34.7 Å². The normalized spacial score (nSPS) is 11.9. The van der Waals surface area contributed by atoms with Crippen LogP contribution < -0.4 is 4.74 Å². The molecule has 1 atom stereocenters. The van der Waals surface area contributed by atoms with E-state index in [0.29, 0.717) is 30.6 Å². The highest BCUT2D eigenvalue weighted by molar-refractivity contribution is 6.01. The molecule has 3 rings (SSSR count). The van der Waals surface area contributed by atoms with Crippen molar-refractivity contribution >= 4 is 22.5 Å². The third-order valence-electron chi connectivity index (χ3n) is 4.71. The van der Waals surface area contributed by atoms with Gasteiger partial charge in [0, 0.05) is 18.4 Å². The van der Waals surface area contributed by atoms with E-state index in [1.807, 2.05) is 66.7 Å². The van der Waals surface area contributed by atoms with Crippen molar-refractivity contribution < 1.29 is 24.5 Å². The lowest BCUT2D eigenvalue weighted by atomic mass is 10.00. The predicted molar refractivity (Wildman–Crippen MR) is 111 cm³/mol. The average Bonchev–Trinajstić information content (AvgIpc) is 2.72. The average molecular weight is 392 g/mol. The molecule has 0 bridgehead atoms. The van der Waals surface area contributed by atoms with Crippen molar-refractivity contribution in [3.05, 3.63) is 77.9 Å². The van der Waals surface area contributed by atoms with Crippen LogP contribution in [0.15, 0.2) is 66.7 Å². The summed E-state index contributed by atoms with van der Waals surface area (Å²) in [6.45, 7) is 0.0950. The summed E-state index contributed by atoms with van der Waals surface area (Å²) in [6.07, 6.45) is 0.448. The number of aliphatic hydroxyl groups excluding tert-OH is 1. The minimum atomic E-state index is -0.870. The van der Waals surface area contributed by atoms with Crippen molar-refractivity contribution in [1.82, 2.24) is 0 Å². The van der Waals surface area contributed by atoms with Gasteiger partial charge >= 0.3 is 5.97 Å². The van der Waals surface area contributed by atoms with Gasteiger partial charge in [0.25, 0.3) is 0 Å². The van der Waals surface area contributed by atoms with E-state index in [1.54, 1.807) is 0 Å². The van der Waals surface area contributed by atoms with Crippen LogP contribution in [0.4, 0.5) is 0 Å². The van der Waals surface area contributed by atoms with E-state index in [1.165, 1.54) is 0 Å². The van der Waals surface area contributed by atoms with Gasteiger partial charge in [0.05, 0.1) is 6.10 Å². The standard InChI is InChI=1S/C24H24O5/c25-21(7-4-8-24(27)28)16-29-22-12-11-18-9-10-19(14-20(18)15-22)23(26)13-17-5-2-1-3-6-17/h1-3,5-6,9-12,14-15,21,25H,4,7-8,13,16H2,(H,27,28). The van der Waals surface area contributed by atoms with Crippen molar-refractivity contribution in [3.8, 4) is 5.75 Å². The third-order valence-corrected chi connectivity index (χ3v) is 4.71. The molecule has 0 aromatic heterocycles. The first kappa shape index (κ1) is 20.6. The van der Waals surface area contributed by atoms with Crippen molar-refractivity contribution in [2.75, 3.05) is 6.61 Å². The van der Waals surface area contributed by atoms with E-state index in [9.17, 15) is 14.7 Å². The summed E-state index contributed by atoms with van der Waals surface area (Å²) in [7, 11) is 0. The Hall–Kier alpha value is -3.18. The number of aliphatic hydroxyl groups is 1. The summed E-state index contributed by atoms with van der Waals surface area (Å²) in [5, 5.41) is 20.5. The Kier molecular flexibility index (Phi) is 6.98. The molecule has 5 heteroatoms. The lowest BCUT2D eigenvalue weighted by molar-refractivity contribution is -0.137. The lowest BCUT2D eigenvalue weighted by Gasteiger charge is -2.12. The van der Waals surface area contributed by atoms with Gasteiger partial charge in [-0.2, -0.15) is 0 Å². The van der Waals surface area contributed by atoms with Gasteiger partial charge in [-0.15, -0.1) is 0 Å². The Morgan fingerprint density at radius 2 is 1.69 bits per heavy atom. The van der Waals surface area contributed by atoms with Crippen LogP contribution in [-0.2, 0) is 11.2 Å². The molecular formula is C24H24O5. The maximum absolute atomic E-state index is 12.6. The molecule has 0 amide bonds. The van der Waals surface area contributed by atoms with E-state index in [0.717, 1.165) is 16.3 Å². The monoisotopic (exact) mass is 392 g/mol. The summed E-state index contributed by atoms with van der Waals surface area (Å²) < 4.78 is 5.65. The molecule has 0 spiro atoms. The van der Waals surface area contributed by atoms with Crippen molar-refractivity contribution in [3.63, 3.8) is 0 Å². The first-order chi connectivity index (χ1) is 14.0. The topological polar surface area (TPSA) is 83.8 Å². The number of Topliss-reactive ketones (excluding diaryl/α,β-unsaturated/α-hetero) is 1. The molecule has 0 fully saturated rings. The summed E-state index contributed by atoms with van der Waals surface area (Å²) in [5.41, 5.74) is 1.62. The number of hydrogen-bond donors (Lipinski definition) is 2. The van der Waals surface area contributed by atoms with Gasteiger partial charge in [-0.1, -0.05) is 48.5 Å². The maximum atomic E-state index is 12.6. The van der Waals surface area contributed by atoms with Crippen LogP contribution in [0.2, 0.25) is 0 Å². The molecule has 1 unspecified atom stereocenters. The SMILES string of the molecule is O=C(O)CCCC(O)COc1ccc2ccc(C(=O)Cc3ccccc3)cc2c1. The summed E-state index contributed by atoms with van der Waals surface area (Å²) in [6, 6.07) is 20.8. The fourth-order valence-electron chi connectivity index (χ4n) is 3.14. The molecule has 2 N–H and O–H groups in total. The fraction of sp³-hybridized carbons (Fsp3) is 0.250. The van der Waals surface area contributed by atoms with Crippen LogP contribution in [0.25, 0.3) is 10.8 Å². The summed E-state index contributed by atoms with van der Waals surface area (Å²) >= 11 is 0. The Balaban J connectivity index is 1.64. The van der Waals surface area contributed by atoms with Crippen molar-refractivity contribution in [1.29, 1.82) is 0 Å². The number of benzene rings is 3. The minimum absolute atomic E-state index is 0.0345. The molecule has 3 aromatic rings. The molecule has 0 radical (unpaired) electrons. The Morgan fingerprint density at radius 3 is 2.45 bits per heavy atom. The van der Waals surface area contributed by atoms with E-state index < -0.39 is 12.1 Å². The summed E-state index contributed by atoms with van der Waals surface area (Å²) in [4.78, 5) is 23.1. The van der Waals surface area contributed by atoms with E-state index >= 15 is 0 Å². The highest BCUT2D eigenvalue weighted by Crippen LogP contribution is 2.23. The van der Waals surface area contributed by atoms with Gasteiger partial charge < -0.3 is 14.9 Å². The number of aliphatic carboxylic acids is 1. The van der Waals surface area contributed by atoms with Crippen LogP contribution in [0.1, 0.15) is 35.2 Å². The Bertz CT molecular complexity index is 981. The molecule has 0 aliphatic rings. The third kappa shape index (κ3) is 6.16. The van der Waals surface area contributed by atoms with E-state index in [4.69, 9.17) is 9.84 Å². The van der Waals surface area contributed by atoms with Gasteiger partial charge in [0.15, 0.2) is 5.78 Å². The van der Waals surface area contributed by atoms with Gasteiger partial charge in [-0.3, -0.25) is 9.59 Å². The molecule has 0 aliphatic heterocycles. The van der Waals surface area contributed by atoms with Gasteiger partial charge in [0.1, 0.15) is 12.4 Å². The maximum Gasteiger partial charge on any atom is 0.303 e. The predicted octanol–water partition coefficient (Wildman–Crippen LogP) is 4.26. The number of carbonyl (C=O) groups is 2. The summed E-state index contributed by atoms with van der Waals surface area (Å²) in [5.74, 6) is -0.217. The van der Waals surface area contributed by atoms with E-state index in [2.05, 4.69) is 0 Å². The van der Waals surface area contributed by atoms with E-state index in [-0.39, 0.29) is 18.8 Å². The van der Waals surface area contributed by atoms with Crippen LogP contribution in [0, 0.1) is 0 Å². The Labute approximate surface area is 169 Å². The number of rotatable bonds is 10. The second-order valence-electron chi connectivity index (χ2n) is 7.06. The molecule has 3 aromatic carbocycles. The number of hydrogen-bond acceptors (Lipinski definition) is 4. The van der Waals surface area contributed by atoms with Crippen LogP contribution >= 0.6 is 0 Å². The smallest absolute Gasteiger partial charge is 0.303 e. The highest BCUT2D eigenvalue weighted by atomic mass is 16.5. The quantitative estimate of drug-likeness (QED) is 0.504. The first-order valence-corrected chi connectivity index (χ1v) is 9.65. The zero-order chi connectivity index (χ0) is 20.6. The fourth-order valence-corrected chi connectivity index (χ4v) is 3.14. The first-order valence-electron chi connectivity index (χ1n) is 9.65.